The normalized spacial score (nSPS) is 10.8. The van der Waals surface area contributed by atoms with E-state index in [1.807, 2.05) is 30.3 Å². The van der Waals surface area contributed by atoms with Gasteiger partial charge in [0.1, 0.15) is 11.3 Å². The predicted octanol–water partition coefficient (Wildman–Crippen LogP) is 3.00. The minimum atomic E-state index is -0.801. The second-order valence-corrected chi connectivity index (χ2v) is 6.81. The Balaban J connectivity index is 1.68. The number of anilines is 1. The molecule has 0 saturated carbocycles. The van der Waals surface area contributed by atoms with Gasteiger partial charge in [-0.15, -0.1) is 0 Å². The van der Waals surface area contributed by atoms with Crippen LogP contribution in [0.25, 0.3) is 10.9 Å². The number of halogens is 1. The number of carbonyl (C=O) groups is 2. The first-order chi connectivity index (χ1) is 15.1. The van der Waals surface area contributed by atoms with E-state index in [0.29, 0.717) is 24.3 Å². The number of rotatable bonds is 9. The molecule has 0 spiro atoms. The van der Waals surface area contributed by atoms with E-state index in [1.165, 1.54) is 17.2 Å². The van der Waals surface area contributed by atoms with Crippen LogP contribution in [-0.2, 0) is 25.6 Å². The molecule has 0 fully saturated rings. The number of fused-ring (bicyclic) bond motifs is 1. The van der Waals surface area contributed by atoms with Gasteiger partial charge in [0.15, 0.2) is 0 Å². The van der Waals surface area contributed by atoms with Crippen molar-refractivity contribution in [1.82, 2.24) is 9.88 Å². The molecule has 31 heavy (non-hydrogen) atoms. The summed E-state index contributed by atoms with van der Waals surface area (Å²) in [6.07, 6.45) is 1.33. The van der Waals surface area contributed by atoms with Crippen molar-refractivity contribution in [3.8, 4) is 0 Å². The first kappa shape index (κ1) is 22.3. The Hall–Kier alpha value is -3.36. The summed E-state index contributed by atoms with van der Waals surface area (Å²) in [6, 6.07) is 15.5. The van der Waals surface area contributed by atoms with Gasteiger partial charge in [-0.25, -0.2) is 4.39 Å². The zero-order valence-corrected chi connectivity index (χ0v) is 17.2. The van der Waals surface area contributed by atoms with Gasteiger partial charge in [-0.05, 0) is 17.7 Å². The van der Waals surface area contributed by atoms with Gasteiger partial charge in [-0.2, -0.15) is 0 Å². The molecule has 0 radical (unpaired) electrons. The third kappa shape index (κ3) is 6.31. The average Bonchev–Trinajstić information content (AvgIpc) is 2.78. The Kier molecular flexibility index (Phi) is 8.03. The molecule has 1 N–H and O–H groups in total. The largest absolute Gasteiger partial charge is 0.382 e. The third-order valence-electron chi connectivity index (χ3n) is 4.55. The van der Waals surface area contributed by atoms with E-state index in [4.69, 9.17) is 9.47 Å². The summed E-state index contributed by atoms with van der Waals surface area (Å²) in [6.45, 7) is 1.62. The topological polar surface area (TPSA) is 80.8 Å². The van der Waals surface area contributed by atoms with E-state index in [-0.39, 0.29) is 25.2 Å². The van der Waals surface area contributed by atoms with Crippen molar-refractivity contribution < 1.29 is 23.5 Å². The van der Waals surface area contributed by atoms with Crippen molar-refractivity contribution in [3.05, 3.63) is 72.2 Å². The quantitative estimate of drug-likeness (QED) is 0.421. The molecular formula is C23H24FN3O4. The molecule has 0 aliphatic heterocycles. The number of aromatic nitrogens is 1. The highest BCUT2D eigenvalue weighted by atomic mass is 19.1. The summed E-state index contributed by atoms with van der Waals surface area (Å²) in [5, 5.41) is 3.08. The molecule has 0 atom stereocenters. The molecule has 0 saturated heterocycles. The van der Waals surface area contributed by atoms with Gasteiger partial charge in [0.2, 0.25) is 0 Å². The fourth-order valence-electron chi connectivity index (χ4n) is 3.00. The molecule has 3 aromatic rings. The molecule has 2 aromatic carbocycles. The molecule has 162 valence electrons. The molecule has 0 unspecified atom stereocenters. The minimum Gasteiger partial charge on any atom is -0.382 e. The van der Waals surface area contributed by atoms with Gasteiger partial charge in [0, 0.05) is 25.6 Å². The van der Waals surface area contributed by atoms with Crippen LogP contribution in [0.3, 0.4) is 0 Å². The number of nitrogens with one attached hydrogen (secondary N) is 1. The number of hydrogen-bond acceptors (Lipinski definition) is 5. The standard InChI is InChI=1S/C23H24FN3O4/c1-30-12-13-31-11-10-27(16-17-6-3-2-4-7-17)23(29)22(28)26-19-14-18-8-5-9-20(24)21(18)25-15-19/h2-9,14-15H,10-13,16H2,1H3,(H,26,28). The van der Waals surface area contributed by atoms with Crippen molar-refractivity contribution in [2.75, 3.05) is 38.8 Å². The van der Waals surface area contributed by atoms with E-state index >= 15 is 0 Å². The van der Waals surface area contributed by atoms with Gasteiger partial charge >= 0.3 is 11.8 Å². The maximum atomic E-state index is 13.8. The molecule has 8 heteroatoms. The summed E-state index contributed by atoms with van der Waals surface area (Å²) in [7, 11) is 1.58. The lowest BCUT2D eigenvalue weighted by Crippen LogP contribution is -2.41. The Morgan fingerprint density at radius 3 is 2.65 bits per heavy atom. The fraction of sp³-hybridized carbons (Fsp3) is 0.261. The molecule has 0 aliphatic rings. The van der Waals surface area contributed by atoms with Crippen molar-refractivity contribution in [2.45, 2.75) is 6.54 Å². The van der Waals surface area contributed by atoms with Crippen LogP contribution in [0.4, 0.5) is 10.1 Å². The Bertz CT molecular complexity index is 1030. The summed E-state index contributed by atoms with van der Waals surface area (Å²) in [5.74, 6) is -1.95. The highest BCUT2D eigenvalue weighted by Gasteiger charge is 2.22. The van der Waals surface area contributed by atoms with Gasteiger partial charge in [0.05, 0.1) is 31.7 Å². The van der Waals surface area contributed by atoms with Crippen LogP contribution in [0.1, 0.15) is 5.56 Å². The van der Waals surface area contributed by atoms with E-state index < -0.39 is 17.6 Å². The number of amides is 2. The van der Waals surface area contributed by atoms with Gasteiger partial charge in [0.25, 0.3) is 0 Å². The molecule has 7 nitrogen and oxygen atoms in total. The van der Waals surface area contributed by atoms with E-state index in [1.54, 1.807) is 25.3 Å². The number of carbonyl (C=O) groups excluding carboxylic acids is 2. The fourth-order valence-corrected chi connectivity index (χ4v) is 3.00. The van der Waals surface area contributed by atoms with Gasteiger partial charge in [-0.1, -0.05) is 42.5 Å². The molecule has 1 heterocycles. The number of para-hydroxylation sites is 1. The zero-order valence-electron chi connectivity index (χ0n) is 17.2. The molecule has 0 aliphatic carbocycles. The van der Waals surface area contributed by atoms with Crippen LogP contribution < -0.4 is 5.32 Å². The van der Waals surface area contributed by atoms with E-state index in [2.05, 4.69) is 10.3 Å². The number of pyridine rings is 1. The van der Waals surface area contributed by atoms with Crippen LogP contribution in [0.5, 0.6) is 0 Å². The number of ether oxygens (including phenoxy) is 2. The maximum Gasteiger partial charge on any atom is 0.313 e. The zero-order chi connectivity index (χ0) is 22.1. The molecular weight excluding hydrogens is 401 g/mol. The predicted molar refractivity (Wildman–Crippen MR) is 115 cm³/mol. The lowest BCUT2D eigenvalue weighted by atomic mass is 10.2. The van der Waals surface area contributed by atoms with Crippen LogP contribution >= 0.6 is 0 Å². The van der Waals surface area contributed by atoms with E-state index in [0.717, 1.165) is 5.56 Å². The van der Waals surface area contributed by atoms with Crippen LogP contribution in [0.15, 0.2) is 60.8 Å². The Morgan fingerprint density at radius 1 is 1.06 bits per heavy atom. The number of methoxy groups -OCH3 is 1. The monoisotopic (exact) mass is 425 g/mol. The smallest absolute Gasteiger partial charge is 0.313 e. The molecule has 1 aromatic heterocycles. The molecule has 2 amide bonds. The highest BCUT2D eigenvalue weighted by Crippen LogP contribution is 2.19. The van der Waals surface area contributed by atoms with Gasteiger partial charge < -0.3 is 19.7 Å². The summed E-state index contributed by atoms with van der Waals surface area (Å²) in [5.41, 5.74) is 1.40. The second-order valence-electron chi connectivity index (χ2n) is 6.81. The van der Waals surface area contributed by atoms with E-state index in [9.17, 15) is 14.0 Å². The van der Waals surface area contributed by atoms with Crippen molar-refractivity contribution >= 4 is 28.4 Å². The van der Waals surface area contributed by atoms with Crippen LogP contribution in [0, 0.1) is 5.82 Å². The van der Waals surface area contributed by atoms with Crippen LogP contribution in [0.2, 0.25) is 0 Å². The van der Waals surface area contributed by atoms with Crippen molar-refractivity contribution in [1.29, 1.82) is 0 Å². The second kappa shape index (κ2) is 11.1. The SMILES string of the molecule is COCCOCCN(Cc1ccccc1)C(=O)C(=O)Nc1cnc2c(F)cccc2c1. The minimum absolute atomic E-state index is 0.200. The Morgan fingerprint density at radius 2 is 1.87 bits per heavy atom. The first-order valence-corrected chi connectivity index (χ1v) is 9.83. The lowest BCUT2D eigenvalue weighted by Gasteiger charge is -2.22. The third-order valence-corrected chi connectivity index (χ3v) is 4.55. The highest BCUT2D eigenvalue weighted by molar-refractivity contribution is 6.39. The lowest BCUT2D eigenvalue weighted by molar-refractivity contribution is -0.144. The summed E-state index contributed by atoms with van der Waals surface area (Å²) < 4.78 is 24.2. The Labute approximate surface area is 179 Å². The van der Waals surface area contributed by atoms with Crippen LogP contribution in [-0.4, -0.2) is 55.2 Å². The maximum absolute atomic E-state index is 13.8. The number of benzene rings is 2. The number of nitrogens with zero attached hydrogens (tertiary/aromatic N) is 2. The van der Waals surface area contributed by atoms with Crippen molar-refractivity contribution in [3.63, 3.8) is 0 Å². The first-order valence-electron chi connectivity index (χ1n) is 9.83. The molecule has 0 bridgehead atoms. The molecule has 3 rings (SSSR count). The summed E-state index contributed by atoms with van der Waals surface area (Å²) >= 11 is 0. The number of hydrogen-bond donors (Lipinski definition) is 1. The average molecular weight is 425 g/mol. The van der Waals surface area contributed by atoms with Crippen molar-refractivity contribution in [2.24, 2.45) is 0 Å². The summed E-state index contributed by atoms with van der Waals surface area (Å²) in [4.78, 5) is 30.9. The van der Waals surface area contributed by atoms with Gasteiger partial charge in [-0.3, -0.25) is 14.6 Å².